The lowest BCUT2D eigenvalue weighted by Crippen LogP contribution is -2.19. The molecule has 0 fully saturated rings. The Morgan fingerprint density at radius 1 is 1.11 bits per heavy atom. The lowest BCUT2D eigenvalue weighted by atomic mass is 10.1. The summed E-state index contributed by atoms with van der Waals surface area (Å²) < 4.78 is 39.6. The standard InChI is InChI=1S/C18H18F3N5O/c1-9-6-5-7-10(2)15(9)23-14(27)8-13-11(3)22-17-24-16(18(19,20)21)25-26(17)12(13)4/h5-7H,8H2,1-4H3,(H,23,27). The van der Waals surface area contributed by atoms with Gasteiger partial charge in [-0.3, -0.25) is 4.79 Å². The molecule has 142 valence electrons. The lowest BCUT2D eigenvalue weighted by Gasteiger charge is -2.13. The van der Waals surface area contributed by atoms with Crippen LogP contribution < -0.4 is 5.32 Å². The number of amides is 1. The maximum Gasteiger partial charge on any atom is 0.453 e. The van der Waals surface area contributed by atoms with E-state index in [9.17, 15) is 18.0 Å². The third kappa shape index (κ3) is 3.62. The van der Waals surface area contributed by atoms with Gasteiger partial charge in [-0.1, -0.05) is 18.2 Å². The monoisotopic (exact) mass is 377 g/mol. The fourth-order valence-corrected chi connectivity index (χ4v) is 2.94. The van der Waals surface area contributed by atoms with E-state index in [1.54, 1.807) is 13.8 Å². The van der Waals surface area contributed by atoms with Crippen LogP contribution in [0.3, 0.4) is 0 Å². The molecule has 0 radical (unpaired) electrons. The summed E-state index contributed by atoms with van der Waals surface area (Å²) in [6, 6.07) is 5.68. The zero-order valence-corrected chi connectivity index (χ0v) is 15.3. The molecular formula is C18H18F3N5O. The van der Waals surface area contributed by atoms with Gasteiger partial charge in [0.1, 0.15) is 0 Å². The molecule has 0 atom stereocenters. The molecule has 1 N–H and O–H groups in total. The molecule has 0 aliphatic rings. The molecule has 2 aromatic heterocycles. The Morgan fingerprint density at radius 3 is 2.33 bits per heavy atom. The average Bonchev–Trinajstić information content (AvgIpc) is 2.99. The first-order valence-corrected chi connectivity index (χ1v) is 8.24. The molecule has 2 heterocycles. The second-order valence-electron chi connectivity index (χ2n) is 6.40. The van der Waals surface area contributed by atoms with E-state index in [-0.39, 0.29) is 18.1 Å². The summed E-state index contributed by atoms with van der Waals surface area (Å²) in [5.74, 6) is -1.68. The van der Waals surface area contributed by atoms with Gasteiger partial charge in [0.15, 0.2) is 0 Å². The van der Waals surface area contributed by atoms with Crippen LogP contribution in [0.2, 0.25) is 0 Å². The zero-order chi connectivity index (χ0) is 19.9. The fraction of sp³-hybridized carbons (Fsp3) is 0.333. The number of aromatic nitrogens is 4. The van der Waals surface area contributed by atoms with E-state index >= 15 is 0 Å². The third-order valence-corrected chi connectivity index (χ3v) is 4.39. The van der Waals surface area contributed by atoms with Gasteiger partial charge in [0.25, 0.3) is 11.6 Å². The van der Waals surface area contributed by atoms with Crippen LogP contribution in [0.1, 0.15) is 33.9 Å². The number of anilines is 1. The van der Waals surface area contributed by atoms with E-state index in [4.69, 9.17) is 0 Å². The largest absolute Gasteiger partial charge is 0.453 e. The number of hydrogen-bond donors (Lipinski definition) is 1. The van der Waals surface area contributed by atoms with Gasteiger partial charge >= 0.3 is 6.18 Å². The van der Waals surface area contributed by atoms with Gasteiger partial charge in [0.2, 0.25) is 5.91 Å². The number of alkyl halides is 3. The second-order valence-corrected chi connectivity index (χ2v) is 6.40. The summed E-state index contributed by atoms with van der Waals surface area (Å²) >= 11 is 0. The van der Waals surface area contributed by atoms with E-state index in [0.29, 0.717) is 17.0 Å². The van der Waals surface area contributed by atoms with Gasteiger partial charge in [-0.05, 0) is 38.8 Å². The van der Waals surface area contributed by atoms with Crippen LogP contribution in [0.5, 0.6) is 0 Å². The van der Waals surface area contributed by atoms with Gasteiger partial charge < -0.3 is 5.32 Å². The van der Waals surface area contributed by atoms with Crippen LogP contribution in [0.25, 0.3) is 5.78 Å². The van der Waals surface area contributed by atoms with Gasteiger partial charge in [-0.25, -0.2) is 9.50 Å². The summed E-state index contributed by atoms with van der Waals surface area (Å²) in [4.78, 5) is 20.0. The molecule has 6 nitrogen and oxygen atoms in total. The summed E-state index contributed by atoms with van der Waals surface area (Å²) in [7, 11) is 0. The van der Waals surface area contributed by atoms with Gasteiger partial charge in [0.05, 0.1) is 6.42 Å². The molecule has 0 aliphatic heterocycles. The van der Waals surface area contributed by atoms with Crippen molar-refractivity contribution in [2.75, 3.05) is 5.32 Å². The smallest absolute Gasteiger partial charge is 0.325 e. The van der Waals surface area contributed by atoms with Crippen LogP contribution in [0.15, 0.2) is 18.2 Å². The number of para-hydroxylation sites is 1. The van der Waals surface area contributed by atoms with Gasteiger partial charge in [-0.15, -0.1) is 5.10 Å². The molecule has 1 amide bonds. The zero-order valence-electron chi connectivity index (χ0n) is 15.3. The first kappa shape index (κ1) is 18.8. The quantitative estimate of drug-likeness (QED) is 0.758. The van der Waals surface area contributed by atoms with Crippen molar-refractivity contribution < 1.29 is 18.0 Å². The Labute approximate surface area is 153 Å². The van der Waals surface area contributed by atoms with Crippen LogP contribution in [0.4, 0.5) is 18.9 Å². The van der Waals surface area contributed by atoms with Gasteiger partial charge in [0, 0.05) is 22.6 Å². The maximum absolute atomic E-state index is 12.9. The molecule has 3 aromatic rings. The van der Waals surface area contributed by atoms with E-state index < -0.39 is 12.0 Å². The van der Waals surface area contributed by atoms with Crippen molar-refractivity contribution in [3.8, 4) is 0 Å². The molecule has 0 spiro atoms. The average molecular weight is 377 g/mol. The Bertz CT molecular complexity index is 1020. The van der Waals surface area contributed by atoms with Crippen molar-refractivity contribution >= 4 is 17.4 Å². The number of halogens is 3. The van der Waals surface area contributed by atoms with Crippen LogP contribution in [-0.2, 0) is 17.4 Å². The number of aryl methyl sites for hydroxylation is 4. The molecule has 3 rings (SSSR count). The molecule has 9 heteroatoms. The highest BCUT2D eigenvalue weighted by Crippen LogP contribution is 2.27. The number of nitrogens with one attached hydrogen (secondary N) is 1. The Morgan fingerprint density at radius 2 is 1.74 bits per heavy atom. The van der Waals surface area contributed by atoms with Crippen LogP contribution in [-0.4, -0.2) is 25.5 Å². The van der Waals surface area contributed by atoms with E-state index in [1.807, 2.05) is 32.0 Å². The topological polar surface area (TPSA) is 72.2 Å². The van der Waals surface area contributed by atoms with E-state index in [2.05, 4.69) is 20.4 Å². The highest BCUT2D eigenvalue weighted by molar-refractivity contribution is 5.94. The molecule has 0 aliphatic carbocycles. The van der Waals surface area contributed by atoms with Crippen molar-refractivity contribution in [3.05, 3.63) is 52.1 Å². The number of carbonyl (C=O) groups is 1. The predicted octanol–water partition coefficient (Wildman–Crippen LogP) is 3.56. The highest BCUT2D eigenvalue weighted by Gasteiger charge is 2.37. The van der Waals surface area contributed by atoms with Crippen molar-refractivity contribution in [3.63, 3.8) is 0 Å². The predicted molar refractivity (Wildman–Crippen MR) is 93.5 cm³/mol. The summed E-state index contributed by atoms with van der Waals surface area (Å²) in [5, 5.41) is 6.36. The molecule has 0 bridgehead atoms. The number of hydrogen-bond acceptors (Lipinski definition) is 4. The Balaban J connectivity index is 1.93. The third-order valence-electron chi connectivity index (χ3n) is 4.39. The normalized spacial score (nSPS) is 11.8. The minimum Gasteiger partial charge on any atom is -0.325 e. The van der Waals surface area contributed by atoms with Crippen molar-refractivity contribution in [1.82, 2.24) is 19.6 Å². The van der Waals surface area contributed by atoms with Crippen LogP contribution >= 0.6 is 0 Å². The highest BCUT2D eigenvalue weighted by atomic mass is 19.4. The number of benzene rings is 1. The van der Waals surface area contributed by atoms with Gasteiger partial charge in [-0.2, -0.15) is 18.2 Å². The van der Waals surface area contributed by atoms with Crippen molar-refractivity contribution in [1.29, 1.82) is 0 Å². The molecule has 0 saturated heterocycles. The molecular weight excluding hydrogens is 359 g/mol. The Kier molecular flexibility index (Phi) is 4.63. The number of carbonyl (C=O) groups excluding carboxylic acids is 1. The first-order valence-electron chi connectivity index (χ1n) is 8.24. The van der Waals surface area contributed by atoms with E-state index in [1.165, 1.54) is 0 Å². The number of nitrogens with zero attached hydrogens (tertiary/aromatic N) is 4. The fourth-order valence-electron chi connectivity index (χ4n) is 2.94. The second kappa shape index (κ2) is 6.64. The lowest BCUT2D eigenvalue weighted by molar-refractivity contribution is -0.144. The summed E-state index contributed by atoms with van der Waals surface area (Å²) in [6.45, 7) is 7.01. The molecule has 0 unspecified atom stereocenters. The van der Waals surface area contributed by atoms with Crippen molar-refractivity contribution in [2.45, 2.75) is 40.3 Å². The molecule has 1 aromatic carbocycles. The maximum atomic E-state index is 12.9. The minimum atomic E-state index is -4.66. The SMILES string of the molecule is Cc1cccc(C)c1NC(=O)Cc1c(C)nc2nc(C(F)(F)F)nn2c1C. The summed E-state index contributed by atoms with van der Waals surface area (Å²) in [6.07, 6.45) is -4.69. The summed E-state index contributed by atoms with van der Waals surface area (Å²) in [5.41, 5.74) is 3.94. The van der Waals surface area contributed by atoms with E-state index in [0.717, 1.165) is 21.3 Å². The van der Waals surface area contributed by atoms with Crippen LogP contribution in [0, 0.1) is 27.7 Å². The minimum absolute atomic E-state index is 0.0322. The number of rotatable bonds is 3. The molecule has 0 saturated carbocycles. The Hall–Kier alpha value is -2.97. The number of fused-ring (bicyclic) bond motifs is 1. The van der Waals surface area contributed by atoms with Crippen molar-refractivity contribution in [2.24, 2.45) is 0 Å². The molecule has 27 heavy (non-hydrogen) atoms. The first-order chi connectivity index (χ1) is 12.6.